The van der Waals surface area contributed by atoms with Crippen LogP contribution in [-0.4, -0.2) is 101 Å². The lowest BCUT2D eigenvalue weighted by Crippen LogP contribution is -2.45. The van der Waals surface area contributed by atoms with E-state index in [1.807, 2.05) is 60.8 Å². The van der Waals surface area contributed by atoms with Gasteiger partial charge in [0.2, 0.25) is 11.7 Å². The van der Waals surface area contributed by atoms with Crippen LogP contribution in [0.4, 0.5) is 10.2 Å². The number of anilines is 1. The van der Waals surface area contributed by atoms with Crippen molar-refractivity contribution in [1.29, 1.82) is 0 Å². The number of amides is 2. The number of carbonyl (C=O) groups is 2. The summed E-state index contributed by atoms with van der Waals surface area (Å²) in [6, 6.07) is 15.4. The number of phenolic OH excluding ortho intramolecular Hbond substituents is 2. The fourth-order valence-corrected chi connectivity index (χ4v) is 9.32. The number of piperidine rings is 2. The zero-order chi connectivity index (χ0) is 46.6. The number of aromatic hydroxyl groups is 2. The lowest BCUT2D eigenvalue weighted by atomic mass is 9.93. The molecule has 0 atom stereocenters. The van der Waals surface area contributed by atoms with Gasteiger partial charge in [-0.05, 0) is 105 Å². The van der Waals surface area contributed by atoms with E-state index in [1.54, 1.807) is 29.1 Å². The van der Waals surface area contributed by atoms with Gasteiger partial charge < -0.3 is 30.9 Å². The van der Waals surface area contributed by atoms with E-state index < -0.39 is 11.7 Å². The molecule has 2 aliphatic heterocycles. The second-order valence-electron chi connectivity index (χ2n) is 17.1. The number of pyridine rings is 1. The molecule has 2 saturated heterocycles. The first-order valence-electron chi connectivity index (χ1n) is 22.2. The van der Waals surface area contributed by atoms with Crippen molar-refractivity contribution in [2.75, 3.05) is 45.1 Å². The number of rotatable bonds is 14. The Morgan fingerprint density at radius 1 is 0.939 bits per heavy atom. The monoisotopic (exact) mass is 938 g/mol. The van der Waals surface area contributed by atoms with Crippen LogP contribution in [-0.2, 0) is 17.8 Å². The average Bonchev–Trinajstić information content (AvgIpc) is 3.99. The van der Waals surface area contributed by atoms with Crippen molar-refractivity contribution in [1.82, 2.24) is 44.6 Å². The van der Waals surface area contributed by atoms with Gasteiger partial charge in [0.05, 0.1) is 29.4 Å². The first-order chi connectivity index (χ1) is 31.8. The van der Waals surface area contributed by atoms with Crippen molar-refractivity contribution in [2.45, 2.75) is 71.4 Å². The number of nitrogens with zero attached hydrogens (tertiary/aromatic N) is 8. The summed E-state index contributed by atoms with van der Waals surface area (Å²) in [6.45, 7) is 9.88. The highest BCUT2D eigenvalue weighted by Gasteiger charge is 2.32. The predicted octanol–water partition coefficient (Wildman–Crippen LogP) is 8.20. The van der Waals surface area contributed by atoms with E-state index in [1.165, 1.54) is 18.2 Å². The van der Waals surface area contributed by atoms with Gasteiger partial charge in [0.25, 0.3) is 5.91 Å². The van der Waals surface area contributed by atoms with Crippen molar-refractivity contribution in [3.05, 3.63) is 112 Å². The molecule has 346 valence electrons. The molecule has 3 aromatic carbocycles. The van der Waals surface area contributed by atoms with Crippen molar-refractivity contribution in [2.24, 2.45) is 5.92 Å². The first kappa shape index (κ1) is 46.3. The molecule has 2 aliphatic rings. The van der Waals surface area contributed by atoms with E-state index in [-0.39, 0.29) is 70.8 Å². The van der Waals surface area contributed by atoms with E-state index in [0.29, 0.717) is 59.3 Å². The van der Waals surface area contributed by atoms with E-state index >= 15 is 0 Å². The predicted molar refractivity (Wildman–Crippen MR) is 251 cm³/mol. The Bertz CT molecular complexity index is 2710. The Kier molecular flexibility index (Phi) is 14.1. The smallest absolute Gasteiger partial charge is 0.289 e. The second kappa shape index (κ2) is 20.1. The van der Waals surface area contributed by atoms with Crippen molar-refractivity contribution >= 4 is 40.8 Å². The van der Waals surface area contributed by atoms with Gasteiger partial charge >= 0.3 is 0 Å². The molecule has 0 unspecified atom stereocenters. The third kappa shape index (κ3) is 9.95. The highest BCUT2D eigenvalue weighted by Crippen LogP contribution is 2.39. The molecular formula is C48H53Cl2FN10O5. The molecule has 8 rings (SSSR count). The Morgan fingerprint density at radius 3 is 2.39 bits per heavy atom. The number of likely N-dealkylation sites (tertiary alicyclic amines) is 2. The number of nitrogen functional groups attached to an aromatic ring is 1. The molecule has 18 heteroatoms. The van der Waals surface area contributed by atoms with Crippen LogP contribution in [0.3, 0.4) is 0 Å². The summed E-state index contributed by atoms with van der Waals surface area (Å²) < 4.78 is 23.5. The van der Waals surface area contributed by atoms with Crippen LogP contribution in [0.2, 0.25) is 10.0 Å². The number of ether oxygens (including phenoxy) is 1. The van der Waals surface area contributed by atoms with Crippen LogP contribution in [0.25, 0.3) is 28.2 Å². The molecule has 0 radical (unpaired) electrons. The quantitative estimate of drug-likeness (QED) is 0.0771. The number of nitrogens with two attached hydrogens (primary N) is 1. The van der Waals surface area contributed by atoms with Crippen molar-refractivity contribution in [3.63, 3.8) is 0 Å². The third-order valence-corrected chi connectivity index (χ3v) is 13.2. The molecule has 0 saturated carbocycles. The summed E-state index contributed by atoms with van der Waals surface area (Å²) in [4.78, 5) is 35.6. The number of phenols is 2. The number of aromatic nitrogens is 6. The number of carbonyl (C=O) groups excluding carboxylic acids is 2. The summed E-state index contributed by atoms with van der Waals surface area (Å²) in [5, 5.41) is 37.7. The molecule has 0 spiro atoms. The lowest BCUT2D eigenvalue weighted by molar-refractivity contribution is -0.138. The summed E-state index contributed by atoms with van der Waals surface area (Å²) >= 11 is 12.4. The minimum Gasteiger partial charge on any atom is -0.508 e. The topological polar surface area (TPSA) is 190 Å². The molecule has 66 heavy (non-hydrogen) atoms. The molecule has 5 N–H and O–H groups in total. The largest absolute Gasteiger partial charge is 0.508 e. The molecule has 2 fully saturated rings. The molecule has 5 heterocycles. The Hall–Kier alpha value is -6.23. The molecule has 0 bridgehead atoms. The molecular weight excluding hydrogens is 886 g/mol. The van der Waals surface area contributed by atoms with Crippen LogP contribution in [0, 0.1) is 11.7 Å². The van der Waals surface area contributed by atoms with Gasteiger partial charge in [0, 0.05) is 78.8 Å². The van der Waals surface area contributed by atoms with Crippen LogP contribution < -0.4 is 15.8 Å². The summed E-state index contributed by atoms with van der Waals surface area (Å²) in [6.07, 6.45) is 8.86. The second-order valence-corrected chi connectivity index (χ2v) is 17.9. The Labute approximate surface area is 392 Å². The molecule has 6 aromatic rings. The maximum Gasteiger partial charge on any atom is 0.289 e. The summed E-state index contributed by atoms with van der Waals surface area (Å²) in [7, 11) is 0. The number of halogens is 3. The zero-order valence-corrected chi connectivity index (χ0v) is 38.6. The van der Waals surface area contributed by atoms with Gasteiger partial charge in [-0.2, -0.15) is 5.10 Å². The molecule has 15 nitrogen and oxygen atoms in total. The van der Waals surface area contributed by atoms with E-state index in [4.69, 9.17) is 33.7 Å². The van der Waals surface area contributed by atoms with Crippen LogP contribution in [0.15, 0.2) is 73.2 Å². The van der Waals surface area contributed by atoms with Crippen molar-refractivity contribution in [3.8, 4) is 45.5 Å². The van der Waals surface area contributed by atoms with Crippen LogP contribution in [0.5, 0.6) is 17.2 Å². The van der Waals surface area contributed by atoms with Gasteiger partial charge in [0.1, 0.15) is 17.3 Å². The summed E-state index contributed by atoms with van der Waals surface area (Å²) in [5.74, 6) is -0.00663. The average molecular weight is 940 g/mol. The van der Waals surface area contributed by atoms with E-state index in [0.717, 1.165) is 55.5 Å². The maximum absolute atomic E-state index is 14.0. The Morgan fingerprint density at radius 2 is 1.68 bits per heavy atom. The van der Waals surface area contributed by atoms with Crippen LogP contribution in [0.1, 0.15) is 85.7 Å². The number of benzene rings is 3. The third-order valence-electron chi connectivity index (χ3n) is 12.5. The number of hydrogen-bond donors (Lipinski definition) is 4. The fraction of sp³-hybridized carbons (Fsp3) is 0.375. The van der Waals surface area contributed by atoms with Crippen molar-refractivity contribution < 1.29 is 28.9 Å². The zero-order valence-electron chi connectivity index (χ0n) is 37.1. The highest BCUT2D eigenvalue weighted by molar-refractivity contribution is 6.36. The van der Waals surface area contributed by atoms with Crippen LogP contribution >= 0.6 is 23.2 Å². The lowest BCUT2D eigenvalue weighted by Gasteiger charge is -2.37. The number of hydrogen-bond acceptors (Lipinski definition) is 11. The number of nitrogens with one attached hydrogen (secondary N) is 1. The first-order valence-corrected chi connectivity index (χ1v) is 23.0. The molecule has 2 amide bonds. The molecule has 0 aliphatic carbocycles. The fourth-order valence-electron chi connectivity index (χ4n) is 8.76. The standard InChI is InChI=1S/C48H53Cl2FN10O5/c1-4-53-47(64)46-57-56-45(37-22-36(28(2)3)40(62)23-41(37)63)61(46)34-7-5-29(6-8-34)26-58-16-11-30(12-17-58)48(65)59-18-13-33(14-19-59)60-27-32(25-55-60)31-21-42(44(52)54-24-31)66-20-15-35-38(49)9-10-39(51)43(35)50/h5-10,21-25,27-28,30,33,62-63H,4,11-20,26H2,1-3H3,(H2,52,54)(H,53,64). The minimum atomic E-state index is -0.544. The maximum atomic E-state index is 14.0. The normalized spacial score (nSPS) is 15.1. The SMILES string of the molecule is CCNC(=O)c1nnc(-c2cc(C(C)C)c(O)cc2O)n1-c1ccc(CN2CCC(C(=O)N3CCC(n4cc(-c5cnc(N)c(OCCc6c(Cl)ccc(F)c6Cl)c5)cn4)CC3)CC2)cc1. The van der Waals surface area contributed by atoms with Gasteiger partial charge in [-0.15, -0.1) is 10.2 Å². The van der Waals surface area contributed by atoms with Gasteiger partial charge in [-0.25, -0.2) is 9.37 Å². The van der Waals surface area contributed by atoms with Gasteiger partial charge in [-0.1, -0.05) is 49.2 Å². The molecule has 3 aromatic heterocycles. The van der Waals surface area contributed by atoms with E-state index in [9.17, 15) is 24.2 Å². The van der Waals surface area contributed by atoms with Gasteiger partial charge in [0.15, 0.2) is 17.4 Å². The minimum absolute atomic E-state index is 0.0186. The Balaban J connectivity index is 0.835. The summed E-state index contributed by atoms with van der Waals surface area (Å²) in [5.41, 5.74) is 10.9. The van der Waals surface area contributed by atoms with E-state index in [2.05, 4.69) is 30.5 Å². The highest BCUT2D eigenvalue weighted by atomic mass is 35.5. The van der Waals surface area contributed by atoms with Gasteiger partial charge in [-0.3, -0.25) is 23.7 Å².